The van der Waals surface area contributed by atoms with Crippen molar-refractivity contribution >= 4 is 5.95 Å². The standard InChI is InChI=1S/C12H24N4O/c1-4-11-10-16(8-9-17-3)12(14-11)15(5-2)7-6-13/h10H,4-9,13H2,1-3H3. The Kier molecular flexibility index (Phi) is 6.00. The molecule has 1 aromatic heterocycles. The second-order valence-electron chi connectivity index (χ2n) is 3.94. The van der Waals surface area contributed by atoms with Crippen LogP contribution in [0.1, 0.15) is 19.5 Å². The average Bonchev–Trinajstić information content (AvgIpc) is 2.76. The molecule has 0 fully saturated rings. The molecular formula is C12H24N4O. The monoisotopic (exact) mass is 240 g/mol. The van der Waals surface area contributed by atoms with Crippen molar-refractivity contribution in [3.8, 4) is 0 Å². The van der Waals surface area contributed by atoms with Crippen LogP contribution in [0.4, 0.5) is 5.95 Å². The molecule has 5 nitrogen and oxygen atoms in total. The summed E-state index contributed by atoms with van der Waals surface area (Å²) in [5, 5.41) is 0. The summed E-state index contributed by atoms with van der Waals surface area (Å²) in [5.41, 5.74) is 6.75. The predicted octanol–water partition coefficient (Wildman–Crippen LogP) is 0.877. The van der Waals surface area contributed by atoms with Crippen LogP contribution in [-0.2, 0) is 17.7 Å². The molecule has 0 amide bonds. The Hall–Kier alpha value is -1.07. The second kappa shape index (κ2) is 7.29. The maximum Gasteiger partial charge on any atom is 0.205 e. The first kappa shape index (κ1) is 14.0. The Morgan fingerprint density at radius 2 is 2.24 bits per heavy atom. The highest BCUT2D eigenvalue weighted by molar-refractivity contribution is 5.33. The molecule has 5 heteroatoms. The SMILES string of the molecule is CCc1cn(CCOC)c(N(CC)CCN)n1. The molecule has 0 bridgehead atoms. The zero-order valence-corrected chi connectivity index (χ0v) is 11.1. The predicted molar refractivity (Wildman–Crippen MR) is 70.4 cm³/mol. The number of anilines is 1. The van der Waals surface area contributed by atoms with Crippen LogP contribution >= 0.6 is 0 Å². The highest BCUT2D eigenvalue weighted by Gasteiger charge is 2.12. The topological polar surface area (TPSA) is 56.3 Å². The van der Waals surface area contributed by atoms with E-state index < -0.39 is 0 Å². The Labute approximate surface area is 104 Å². The molecule has 1 rings (SSSR count). The lowest BCUT2D eigenvalue weighted by Crippen LogP contribution is -2.31. The van der Waals surface area contributed by atoms with Crippen molar-refractivity contribution in [1.82, 2.24) is 9.55 Å². The van der Waals surface area contributed by atoms with E-state index in [1.54, 1.807) is 7.11 Å². The average molecular weight is 240 g/mol. The van der Waals surface area contributed by atoms with Gasteiger partial charge in [-0.25, -0.2) is 4.98 Å². The van der Waals surface area contributed by atoms with Gasteiger partial charge in [0.2, 0.25) is 5.95 Å². The smallest absolute Gasteiger partial charge is 0.205 e. The number of hydrogen-bond donors (Lipinski definition) is 1. The van der Waals surface area contributed by atoms with E-state index in [2.05, 4.69) is 34.5 Å². The largest absolute Gasteiger partial charge is 0.383 e. The number of likely N-dealkylation sites (N-methyl/N-ethyl adjacent to an activating group) is 1. The summed E-state index contributed by atoms with van der Waals surface area (Å²) in [6.07, 6.45) is 3.06. The first-order valence-corrected chi connectivity index (χ1v) is 6.26. The molecule has 2 N–H and O–H groups in total. The van der Waals surface area contributed by atoms with Gasteiger partial charge >= 0.3 is 0 Å². The summed E-state index contributed by atoms with van der Waals surface area (Å²) in [7, 11) is 1.72. The first-order chi connectivity index (χ1) is 8.26. The maximum atomic E-state index is 5.63. The van der Waals surface area contributed by atoms with Crippen molar-refractivity contribution in [2.24, 2.45) is 5.73 Å². The minimum absolute atomic E-state index is 0.645. The summed E-state index contributed by atoms with van der Waals surface area (Å²) in [5.74, 6) is 1.01. The van der Waals surface area contributed by atoms with E-state index in [9.17, 15) is 0 Å². The Bertz CT molecular complexity index is 324. The fraction of sp³-hybridized carbons (Fsp3) is 0.750. The molecule has 0 aromatic carbocycles. The van der Waals surface area contributed by atoms with Gasteiger partial charge in [0.05, 0.1) is 12.3 Å². The summed E-state index contributed by atoms with van der Waals surface area (Å²) in [6, 6.07) is 0. The van der Waals surface area contributed by atoms with Crippen LogP contribution in [0.5, 0.6) is 0 Å². The second-order valence-corrected chi connectivity index (χ2v) is 3.94. The zero-order chi connectivity index (χ0) is 12.7. The first-order valence-electron chi connectivity index (χ1n) is 6.26. The fourth-order valence-corrected chi connectivity index (χ4v) is 1.79. The van der Waals surface area contributed by atoms with Gasteiger partial charge in [0.1, 0.15) is 0 Å². The number of aryl methyl sites for hydroxylation is 1. The number of nitrogens with two attached hydrogens (primary N) is 1. The lowest BCUT2D eigenvalue weighted by molar-refractivity contribution is 0.187. The van der Waals surface area contributed by atoms with Crippen LogP contribution in [0, 0.1) is 0 Å². The molecule has 1 aromatic rings. The lowest BCUT2D eigenvalue weighted by Gasteiger charge is -2.22. The van der Waals surface area contributed by atoms with E-state index in [0.717, 1.165) is 37.7 Å². The van der Waals surface area contributed by atoms with Crippen LogP contribution in [0.25, 0.3) is 0 Å². The lowest BCUT2D eigenvalue weighted by atomic mass is 10.4. The van der Waals surface area contributed by atoms with Crippen LogP contribution in [0.2, 0.25) is 0 Å². The summed E-state index contributed by atoms with van der Waals surface area (Å²) in [6.45, 7) is 8.18. The van der Waals surface area contributed by atoms with Crippen LogP contribution in [0.15, 0.2) is 6.20 Å². The third kappa shape index (κ3) is 3.71. The molecule has 0 aliphatic rings. The molecule has 98 valence electrons. The maximum absolute atomic E-state index is 5.63. The Morgan fingerprint density at radius 1 is 1.47 bits per heavy atom. The molecule has 0 radical (unpaired) electrons. The highest BCUT2D eigenvalue weighted by atomic mass is 16.5. The molecular weight excluding hydrogens is 216 g/mol. The number of rotatable bonds is 8. The Balaban J connectivity index is 2.88. The van der Waals surface area contributed by atoms with Gasteiger partial charge in [0.25, 0.3) is 0 Å². The van der Waals surface area contributed by atoms with Crippen molar-refractivity contribution in [3.05, 3.63) is 11.9 Å². The van der Waals surface area contributed by atoms with Gasteiger partial charge in [-0.1, -0.05) is 6.92 Å². The molecule has 0 spiro atoms. The van der Waals surface area contributed by atoms with Gasteiger partial charge in [-0.15, -0.1) is 0 Å². The number of nitrogens with zero attached hydrogens (tertiary/aromatic N) is 3. The summed E-state index contributed by atoms with van der Waals surface area (Å²) in [4.78, 5) is 6.85. The van der Waals surface area contributed by atoms with Crippen molar-refractivity contribution in [2.75, 3.05) is 38.3 Å². The van der Waals surface area contributed by atoms with Gasteiger partial charge in [-0.2, -0.15) is 0 Å². The van der Waals surface area contributed by atoms with E-state index in [4.69, 9.17) is 10.5 Å². The van der Waals surface area contributed by atoms with Gasteiger partial charge < -0.3 is 19.9 Å². The third-order valence-electron chi connectivity index (χ3n) is 2.77. The summed E-state index contributed by atoms with van der Waals surface area (Å²) >= 11 is 0. The van der Waals surface area contributed by atoms with E-state index >= 15 is 0 Å². The van der Waals surface area contributed by atoms with Crippen molar-refractivity contribution in [1.29, 1.82) is 0 Å². The number of aromatic nitrogens is 2. The summed E-state index contributed by atoms with van der Waals surface area (Å²) < 4.78 is 7.28. The molecule has 0 atom stereocenters. The van der Waals surface area contributed by atoms with Gasteiger partial charge in [0, 0.05) is 39.5 Å². The minimum Gasteiger partial charge on any atom is -0.383 e. The zero-order valence-electron chi connectivity index (χ0n) is 11.1. The fourth-order valence-electron chi connectivity index (χ4n) is 1.79. The Morgan fingerprint density at radius 3 is 2.76 bits per heavy atom. The number of imidazole rings is 1. The van der Waals surface area contributed by atoms with Crippen molar-refractivity contribution in [2.45, 2.75) is 26.8 Å². The highest BCUT2D eigenvalue weighted by Crippen LogP contribution is 2.14. The van der Waals surface area contributed by atoms with E-state index in [-0.39, 0.29) is 0 Å². The number of methoxy groups -OCH3 is 1. The van der Waals surface area contributed by atoms with Crippen molar-refractivity contribution in [3.63, 3.8) is 0 Å². The minimum atomic E-state index is 0.645. The van der Waals surface area contributed by atoms with Crippen LogP contribution in [0.3, 0.4) is 0 Å². The molecule has 0 unspecified atom stereocenters. The van der Waals surface area contributed by atoms with Crippen molar-refractivity contribution < 1.29 is 4.74 Å². The van der Waals surface area contributed by atoms with Crippen LogP contribution < -0.4 is 10.6 Å². The van der Waals surface area contributed by atoms with E-state index in [0.29, 0.717) is 13.2 Å². The van der Waals surface area contributed by atoms with Gasteiger partial charge in [-0.3, -0.25) is 0 Å². The molecule has 1 heterocycles. The van der Waals surface area contributed by atoms with Gasteiger partial charge in [0.15, 0.2) is 0 Å². The van der Waals surface area contributed by atoms with E-state index in [1.807, 2.05) is 0 Å². The quantitative estimate of drug-likeness (QED) is 0.733. The number of ether oxygens (including phenoxy) is 1. The molecule has 0 aliphatic heterocycles. The molecule has 0 saturated carbocycles. The van der Waals surface area contributed by atoms with E-state index in [1.165, 1.54) is 0 Å². The molecule has 0 saturated heterocycles. The molecule has 17 heavy (non-hydrogen) atoms. The third-order valence-corrected chi connectivity index (χ3v) is 2.77. The van der Waals surface area contributed by atoms with Crippen LogP contribution in [-0.4, -0.2) is 42.9 Å². The van der Waals surface area contributed by atoms with Gasteiger partial charge in [-0.05, 0) is 13.3 Å². The normalized spacial score (nSPS) is 10.8. The number of hydrogen-bond acceptors (Lipinski definition) is 4. The molecule has 0 aliphatic carbocycles.